The first kappa shape index (κ1) is 19.4. The van der Waals surface area contributed by atoms with Crippen LogP contribution < -0.4 is 10.2 Å². The Balaban J connectivity index is 1.84. The van der Waals surface area contributed by atoms with Crippen molar-refractivity contribution in [2.45, 2.75) is 55.3 Å². The molecular formula is C17H19F4N3O3S. The van der Waals surface area contributed by atoms with Crippen LogP contribution in [0.1, 0.15) is 32.6 Å². The quantitative estimate of drug-likeness (QED) is 0.718. The smallest absolute Gasteiger partial charge is 0.390 e. The van der Waals surface area contributed by atoms with Crippen LogP contribution in [0.25, 0.3) is 0 Å². The summed E-state index contributed by atoms with van der Waals surface area (Å²) in [7, 11) is -4.23. The molecule has 2 fully saturated rings. The highest BCUT2D eigenvalue weighted by Gasteiger charge is 2.51. The molecule has 6 nitrogen and oxygen atoms in total. The number of nitrogens with one attached hydrogen (secondary N) is 1. The molecule has 28 heavy (non-hydrogen) atoms. The second-order valence-corrected chi connectivity index (χ2v) is 9.42. The number of hydrogen-bond donors (Lipinski definition) is 2. The fraction of sp³-hybridized carbons (Fsp3) is 0.588. The lowest BCUT2D eigenvalue weighted by Crippen LogP contribution is -2.56. The van der Waals surface area contributed by atoms with Crippen molar-refractivity contribution < 1.29 is 31.1 Å². The number of halogens is 4. The standard InChI is InChI=1S/C17H19F4N3O3S/c1-16(25)4-5-24(13(8-16)17(19,20)21)11-6-10(18)7-12-14(11)22-15(9-2-3-9)23-28(12,26)27/h6-7,9,13,25H,2-5,8H2,1H3,(H,22,23). The van der Waals surface area contributed by atoms with Gasteiger partial charge < -0.3 is 15.3 Å². The van der Waals surface area contributed by atoms with Gasteiger partial charge in [0.25, 0.3) is 10.0 Å². The Labute approximate surface area is 159 Å². The molecule has 11 heteroatoms. The van der Waals surface area contributed by atoms with E-state index in [9.17, 15) is 31.1 Å². The number of rotatable bonds is 2. The monoisotopic (exact) mass is 421 g/mol. The first-order chi connectivity index (χ1) is 12.9. The van der Waals surface area contributed by atoms with E-state index in [0.717, 1.165) is 29.9 Å². The zero-order valence-corrected chi connectivity index (χ0v) is 15.7. The first-order valence-electron chi connectivity index (χ1n) is 8.89. The maximum atomic E-state index is 14.2. The Morgan fingerprint density at radius 3 is 2.61 bits per heavy atom. The van der Waals surface area contributed by atoms with Crippen LogP contribution in [0.2, 0.25) is 0 Å². The predicted molar refractivity (Wildman–Crippen MR) is 94.4 cm³/mol. The van der Waals surface area contributed by atoms with Gasteiger partial charge in [0, 0.05) is 18.9 Å². The number of piperidine rings is 1. The molecule has 2 unspecified atom stereocenters. The van der Waals surface area contributed by atoms with Crippen LogP contribution in [0.15, 0.2) is 21.4 Å². The average Bonchev–Trinajstić information content (AvgIpc) is 3.38. The maximum Gasteiger partial charge on any atom is 0.408 e. The normalized spacial score (nSPS) is 29.7. The van der Waals surface area contributed by atoms with Crippen molar-refractivity contribution in [1.29, 1.82) is 0 Å². The van der Waals surface area contributed by atoms with Gasteiger partial charge in [0.2, 0.25) is 0 Å². The van der Waals surface area contributed by atoms with Gasteiger partial charge in [-0.1, -0.05) is 0 Å². The SMILES string of the molecule is CC1(O)CCN(c2cc(F)cc3c2NC(C2CC2)=NS3(=O)=O)C(C(F)(F)F)C1. The Hall–Kier alpha value is -1.88. The van der Waals surface area contributed by atoms with Crippen molar-refractivity contribution in [1.82, 2.24) is 0 Å². The first-order valence-corrected chi connectivity index (χ1v) is 10.3. The summed E-state index contributed by atoms with van der Waals surface area (Å²) in [6.45, 7) is 1.12. The molecule has 2 atom stereocenters. The summed E-state index contributed by atoms with van der Waals surface area (Å²) in [5, 5.41) is 13.0. The Bertz CT molecular complexity index is 955. The molecule has 2 aliphatic heterocycles. The summed E-state index contributed by atoms with van der Waals surface area (Å²) in [5.74, 6) is -0.892. The fourth-order valence-electron chi connectivity index (χ4n) is 3.71. The van der Waals surface area contributed by atoms with Crippen molar-refractivity contribution in [2.24, 2.45) is 10.3 Å². The number of aliphatic hydroxyl groups is 1. The Morgan fingerprint density at radius 1 is 1.32 bits per heavy atom. The number of amidine groups is 1. The second kappa shape index (κ2) is 6.06. The van der Waals surface area contributed by atoms with Crippen LogP contribution in [0, 0.1) is 11.7 Å². The van der Waals surface area contributed by atoms with E-state index in [4.69, 9.17) is 0 Å². The van der Waals surface area contributed by atoms with Crippen LogP contribution in [-0.4, -0.2) is 43.7 Å². The van der Waals surface area contributed by atoms with Crippen LogP contribution in [0.5, 0.6) is 0 Å². The third-order valence-electron chi connectivity index (χ3n) is 5.35. The number of fused-ring (bicyclic) bond motifs is 1. The van der Waals surface area contributed by atoms with Gasteiger partial charge in [0.1, 0.15) is 22.6 Å². The number of benzene rings is 1. The van der Waals surface area contributed by atoms with Crippen LogP contribution in [0.4, 0.5) is 28.9 Å². The van der Waals surface area contributed by atoms with E-state index in [-0.39, 0.29) is 36.1 Å². The molecule has 1 aliphatic carbocycles. The molecule has 2 heterocycles. The van der Waals surface area contributed by atoms with Gasteiger partial charge >= 0.3 is 6.18 Å². The van der Waals surface area contributed by atoms with Gasteiger partial charge in [0.15, 0.2) is 0 Å². The third kappa shape index (κ3) is 3.45. The highest BCUT2D eigenvalue weighted by molar-refractivity contribution is 7.90. The van der Waals surface area contributed by atoms with E-state index in [2.05, 4.69) is 9.71 Å². The van der Waals surface area contributed by atoms with Gasteiger partial charge in [-0.3, -0.25) is 0 Å². The number of anilines is 2. The van der Waals surface area contributed by atoms with Crippen molar-refractivity contribution in [3.05, 3.63) is 17.9 Å². The molecule has 0 aromatic heterocycles. The zero-order chi connectivity index (χ0) is 20.5. The molecule has 3 aliphatic rings. The summed E-state index contributed by atoms with van der Waals surface area (Å²) in [6.07, 6.45) is -3.81. The van der Waals surface area contributed by atoms with E-state index in [0.29, 0.717) is 0 Å². The maximum absolute atomic E-state index is 14.2. The minimum Gasteiger partial charge on any atom is -0.390 e. The molecule has 1 saturated carbocycles. The zero-order valence-electron chi connectivity index (χ0n) is 14.9. The van der Waals surface area contributed by atoms with E-state index in [1.807, 2.05) is 0 Å². The Morgan fingerprint density at radius 2 is 2.00 bits per heavy atom. The fourth-order valence-corrected chi connectivity index (χ4v) is 4.94. The third-order valence-corrected chi connectivity index (χ3v) is 6.66. The average molecular weight is 421 g/mol. The minimum atomic E-state index is -4.69. The molecule has 154 valence electrons. The summed E-state index contributed by atoms with van der Waals surface area (Å²) in [6, 6.07) is -0.414. The topological polar surface area (TPSA) is 82.0 Å². The highest BCUT2D eigenvalue weighted by Crippen LogP contribution is 2.45. The van der Waals surface area contributed by atoms with E-state index in [1.54, 1.807) is 0 Å². The minimum absolute atomic E-state index is 0.0290. The number of hydrogen-bond acceptors (Lipinski definition) is 5. The van der Waals surface area contributed by atoms with Gasteiger partial charge in [-0.15, -0.1) is 4.40 Å². The summed E-state index contributed by atoms with van der Waals surface area (Å²) < 4.78 is 84.0. The lowest BCUT2D eigenvalue weighted by molar-refractivity contribution is -0.167. The van der Waals surface area contributed by atoms with Gasteiger partial charge in [0.05, 0.1) is 17.0 Å². The second-order valence-electron chi connectivity index (χ2n) is 7.85. The summed E-state index contributed by atoms with van der Waals surface area (Å²) >= 11 is 0. The van der Waals surface area contributed by atoms with E-state index < -0.39 is 45.0 Å². The molecule has 1 aromatic carbocycles. The summed E-state index contributed by atoms with van der Waals surface area (Å²) in [5.41, 5.74) is -1.80. The summed E-state index contributed by atoms with van der Waals surface area (Å²) in [4.78, 5) is 0.447. The lowest BCUT2D eigenvalue weighted by atomic mass is 9.87. The highest BCUT2D eigenvalue weighted by atomic mass is 32.2. The van der Waals surface area contributed by atoms with Crippen molar-refractivity contribution in [2.75, 3.05) is 16.8 Å². The van der Waals surface area contributed by atoms with Crippen molar-refractivity contribution in [3.8, 4) is 0 Å². The Kier molecular flexibility index (Phi) is 4.20. The van der Waals surface area contributed by atoms with Gasteiger partial charge in [-0.25, -0.2) is 4.39 Å². The molecule has 4 rings (SSSR count). The number of alkyl halides is 3. The molecule has 0 radical (unpaired) electrons. The molecular weight excluding hydrogens is 402 g/mol. The van der Waals surface area contributed by atoms with Crippen LogP contribution >= 0.6 is 0 Å². The molecule has 0 amide bonds. The number of sulfonamides is 1. The van der Waals surface area contributed by atoms with Crippen molar-refractivity contribution >= 4 is 27.2 Å². The largest absolute Gasteiger partial charge is 0.408 e. The lowest BCUT2D eigenvalue weighted by Gasteiger charge is -2.45. The van der Waals surface area contributed by atoms with Crippen molar-refractivity contribution in [3.63, 3.8) is 0 Å². The molecule has 0 bridgehead atoms. The van der Waals surface area contributed by atoms with E-state index in [1.165, 1.54) is 6.92 Å². The van der Waals surface area contributed by atoms with Crippen LogP contribution in [-0.2, 0) is 10.0 Å². The van der Waals surface area contributed by atoms with E-state index >= 15 is 0 Å². The molecule has 1 saturated heterocycles. The van der Waals surface area contributed by atoms with Crippen LogP contribution in [0.3, 0.4) is 0 Å². The van der Waals surface area contributed by atoms with Gasteiger partial charge in [-0.2, -0.15) is 21.6 Å². The molecule has 1 aromatic rings. The molecule has 0 spiro atoms. The predicted octanol–water partition coefficient (Wildman–Crippen LogP) is 3.03. The van der Waals surface area contributed by atoms with Gasteiger partial charge in [-0.05, 0) is 38.3 Å². The number of nitrogens with zero attached hydrogens (tertiary/aromatic N) is 2. The molecule has 2 N–H and O–H groups in total.